The highest BCUT2D eigenvalue weighted by atomic mass is 19.3. The van der Waals surface area contributed by atoms with E-state index in [9.17, 15) is 29.4 Å². The summed E-state index contributed by atoms with van der Waals surface area (Å²) in [5.41, 5.74) is 5.71. The minimum atomic E-state index is -3.74. The molecule has 3 aromatic rings. The lowest BCUT2D eigenvalue weighted by molar-refractivity contribution is -0.157. The second-order valence-corrected chi connectivity index (χ2v) is 19.1. The monoisotopic (exact) mass is 907 g/mol. The second kappa shape index (κ2) is 15.8. The molecular weight excluding hydrogens is 855 g/mol. The number of rotatable bonds is 9. The number of alkyl halides is 4. The van der Waals surface area contributed by atoms with Crippen molar-refractivity contribution in [3.05, 3.63) is 100 Å². The molecule has 3 aromatic carbocycles. The number of primary amides is 2. The van der Waals surface area contributed by atoms with E-state index in [1.54, 1.807) is 50.2 Å². The summed E-state index contributed by atoms with van der Waals surface area (Å²) >= 11 is 0. The number of hydrogen-bond donors (Lipinski definition) is 6. The van der Waals surface area contributed by atoms with E-state index in [2.05, 4.69) is 0 Å². The number of nitrogens with two attached hydrogens (primary N) is 2. The zero-order chi connectivity index (χ0) is 48.0. The molecule has 4 aliphatic carbocycles. The van der Waals surface area contributed by atoms with E-state index in [1.165, 1.54) is 62.9 Å². The molecule has 2 saturated heterocycles. The van der Waals surface area contributed by atoms with E-state index in [0.29, 0.717) is 22.3 Å². The Morgan fingerprint density at radius 3 is 1.34 bits per heavy atom. The Labute approximate surface area is 372 Å². The number of anilines is 1. The lowest BCUT2D eigenvalue weighted by Crippen LogP contribution is -2.73. The van der Waals surface area contributed by atoms with E-state index < -0.39 is 120 Å². The van der Waals surface area contributed by atoms with Crippen molar-refractivity contribution in [2.45, 2.75) is 102 Å². The SMILES string of the molecule is Cc1cccc(N([C@H]2CC(F)(F)CN2[C@]2(C(=O)NC(=O)O)c3ccc(cc3)CC(C(N)=O)C2(C)C)[C@H]2CC(F)(F)CN2[C@]2(C(=O)NC(=O)O)c3ccc(cc3)CC(C(N)=O)C2(C)C)c1C. The summed E-state index contributed by atoms with van der Waals surface area (Å²) in [7, 11) is 0. The standard InChI is InChI=1S/C46H53F4N7O8/c1-24-8-7-9-32(25(24)2)57(33-20-43(47,48)22-55(33)45(37(60)53-39(62)63)28-14-10-26(11-15-28)18-30(35(51)58)41(45,3)4)34-21-44(49,50)23-56(34)46(38(61)54-40(64)65)29-16-12-27(13-17-29)19-31(36(52)59)42(46,5)6/h7-17,30-31,33-34H,18-23H2,1-6H3,(H2,51,58)(H2,52,59)(H,53,60)(H,54,61)(H,62,63)(H,64,65)/t30?,31?,33-,34-,45-,46-/m0/s1. The van der Waals surface area contributed by atoms with Crippen LogP contribution in [0.3, 0.4) is 0 Å². The van der Waals surface area contributed by atoms with E-state index in [-0.39, 0.29) is 29.7 Å². The van der Waals surface area contributed by atoms with Crippen molar-refractivity contribution in [1.29, 1.82) is 0 Å². The predicted octanol–water partition coefficient (Wildman–Crippen LogP) is 5.19. The van der Waals surface area contributed by atoms with Crippen molar-refractivity contribution in [2.24, 2.45) is 34.1 Å². The van der Waals surface area contributed by atoms with Gasteiger partial charge in [0.2, 0.25) is 11.8 Å². The maximum Gasteiger partial charge on any atom is 0.411 e. The fraction of sp³-hybridized carbons (Fsp3) is 0.478. The third-order valence-corrected chi connectivity index (χ3v) is 14.9. The van der Waals surface area contributed by atoms with Crippen molar-refractivity contribution < 1.29 is 56.5 Å². The van der Waals surface area contributed by atoms with Crippen LogP contribution in [0.15, 0.2) is 66.7 Å². The normalized spacial score (nSPS) is 28.6. The molecule has 2 fully saturated rings. The molecular formula is C46H53F4N7O8. The molecule has 9 rings (SSSR count). The molecule has 65 heavy (non-hydrogen) atoms. The number of halogens is 4. The molecule has 6 atom stereocenters. The maximum absolute atomic E-state index is 17.0. The number of nitrogens with one attached hydrogen (secondary N) is 2. The summed E-state index contributed by atoms with van der Waals surface area (Å²) in [6.07, 6.45) is -9.87. The van der Waals surface area contributed by atoms with Crippen LogP contribution in [-0.4, -0.2) is 93.1 Å². The fourth-order valence-electron chi connectivity index (χ4n) is 11.8. The van der Waals surface area contributed by atoms with Crippen LogP contribution in [0.25, 0.3) is 0 Å². The van der Waals surface area contributed by atoms with Gasteiger partial charge in [-0.25, -0.2) is 27.2 Å². The van der Waals surface area contributed by atoms with Crippen molar-refractivity contribution in [1.82, 2.24) is 20.4 Å². The number of benzene rings is 3. The number of carbonyl (C=O) groups excluding carboxylic acids is 4. The van der Waals surface area contributed by atoms with Gasteiger partial charge < -0.3 is 26.6 Å². The molecule has 2 unspecified atom stereocenters. The van der Waals surface area contributed by atoms with Crippen LogP contribution in [-0.2, 0) is 43.1 Å². The van der Waals surface area contributed by atoms with Gasteiger partial charge in [-0.1, -0.05) is 88.4 Å². The lowest BCUT2D eigenvalue weighted by Gasteiger charge is -2.59. The van der Waals surface area contributed by atoms with Crippen LogP contribution in [0.5, 0.6) is 0 Å². The smallest absolute Gasteiger partial charge is 0.411 e. The van der Waals surface area contributed by atoms with Crippen molar-refractivity contribution >= 4 is 41.5 Å². The lowest BCUT2D eigenvalue weighted by atomic mass is 9.57. The van der Waals surface area contributed by atoms with Gasteiger partial charge in [-0.15, -0.1) is 0 Å². The average Bonchev–Trinajstić information content (AvgIpc) is 3.67. The summed E-state index contributed by atoms with van der Waals surface area (Å²) in [5, 5.41) is 24.0. The number of likely N-dealkylation sites (tertiary alicyclic amines) is 2. The first-order chi connectivity index (χ1) is 30.1. The number of fused-ring (bicyclic) bond motifs is 10. The number of carboxylic acid groups (broad SMARTS) is 2. The number of imide groups is 2. The van der Waals surface area contributed by atoms with Crippen molar-refractivity contribution in [2.75, 3.05) is 18.0 Å². The molecule has 0 saturated carbocycles. The van der Waals surface area contributed by atoms with Gasteiger partial charge in [0, 0.05) is 41.2 Å². The van der Waals surface area contributed by atoms with Gasteiger partial charge in [0.1, 0.15) is 11.1 Å². The molecule has 2 heterocycles. The molecule has 6 amide bonds. The van der Waals surface area contributed by atoms with E-state index in [0.717, 1.165) is 9.80 Å². The van der Waals surface area contributed by atoms with Gasteiger partial charge in [-0.05, 0) is 66.1 Å². The number of carbonyl (C=O) groups is 6. The van der Waals surface area contributed by atoms with Gasteiger partial charge >= 0.3 is 12.2 Å². The van der Waals surface area contributed by atoms with Crippen LogP contribution in [0.4, 0.5) is 32.8 Å². The van der Waals surface area contributed by atoms with Crippen LogP contribution in [0.2, 0.25) is 0 Å². The Morgan fingerprint density at radius 2 is 1.00 bits per heavy atom. The zero-order valence-corrected chi connectivity index (χ0v) is 36.8. The highest BCUT2D eigenvalue weighted by molar-refractivity contribution is 6.00. The molecule has 19 heteroatoms. The molecule has 8 N–H and O–H groups in total. The van der Waals surface area contributed by atoms with Gasteiger partial charge in [0.15, 0.2) is 0 Å². The van der Waals surface area contributed by atoms with Crippen molar-refractivity contribution in [3.63, 3.8) is 0 Å². The molecule has 4 bridgehead atoms. The first kappa shape index (κ1) is 46.9. The highest BCUT2D eigenvalue weighted by Crippen LogP contribution is 2.60. The minimum absolute atomic E-state index is 0.00369. The minimum Gasteiger partial charge on any atom is -0.465 e. The predicted molar refractivity (Wildman–Crippen MR) is 227 cm³/mol. The molecule has 0 spiro atoms. The third kappa shape index (κ3) is 7.26. The number of aryl methyl sites for hydroxylation is 1. The molecule has 0 aromatic heterocycles. The Balaban J connectivity index is 1.61. The second-order valence-electron chi connectivity index (χ2n) is 19.1. The molecule has 348 valence electrons. The summed E-state index contributed by atoms with van der Waals surface area (Å²) in [6, 6.07) is 16.9. The Bertz CT molecular complexity index is 2320. The summed E-state index contributed by atoms with van der Waals surface area (Å²) < 4.78 is 67.9. The van der Waals surface area contributed by atoms with Gasteiger partial charge in [0.25, 0.3) is 23.7 Å². The Kier molecular flexibility index (Phi) is 11.4. The Hall–Kier alpha value is -6.08. The van der Waals surface area contributed by atoms with E-state index in [1.807, 2.05) is 10.6 Å². The maximum atomic E-state index is 17.0. The number of nitrogens with zero attached hydrogens (tertiary/aromatic N) is 3. The van der Waals surface area contributed by atoms with Crippen LogP contribution in [0.1, 0.15) is 73.9 Å². The molecule has 15 nitrogen and oxygen atoms in total. The number of amides is 6. The summed E-state index contributed by atoms with van der Waals surface area (Å²) in [6.45, 7) is 6.58. The van der Waals surface area contributed by atoms with E-state index >= 15 is 27.2 Å². The van der Waals surface area contributed by atoms with Gasteiger partial charge in [-0.3, -0.25) is 39.6 Å². The fourth-order valence-corrected chi connectivity index (χ4v) is 11.8. The first-order valence-electron chi connectivity index (χ1n) is 21.1. The summed E-state index contributed by atoms with van der Waals surface area (Å²) in [4.78, 5) is 85.8. The first-order valence-corrected chi connectivity index (χ1v) is 21.1. The van der Waals surface area contributed by atoms with E-state index in [4.69, 9.17) is 11.5 Å². The van der Waals surface area contributed by atoms with Crippen molar-refractivity contribution in [3.8, 4) is 0 Å². The largest absolute Gasteiger partial charge is 0.465 e. The quantitative estimate of drug-likeness (QED) is 0.153. The third-order valence-electron chi connectivity index (χ3n) is 14.9. The molecule has 6 aliphatic rings. The van der Waals surface area contributed by atoms with Crippen LogP contribution < -0.4 is 27.0 Å². The zero-order valence-electron chi connectivity index (χ0n) is 36.8. The van der Waals surface area contributed by atoms with Crippen LogP contribution in [0, 0.1) is 36.5 Å². The van der Waals surface area contributed by atoms with Gasteiger partial charge in [-0.2, -0.15) is 0 Å². The average molecular weight is 908 g/mol. The topological polar surface area (TPSA) is 229 Å². The molecule has 0 radical (unpaired) electrons. The van der Waals surface area contributed by atoms with Gasteiger partial charge in [0.05, 0.1) is 25.4 Å². The van der Waals surface area contributed by atoms with Crippen LogP contribution >= 0.6 is 0 Å². The molecule has 2 aliphatic heterocycles. The summed E-state index contributed by atoms with van der Waals surface area (Å²) in [5.74, 6) is -14.6. The highest BCUT2D eigenvalue weighted by Gasteiger charge is 2.71. The Morgan fingerprint density at radius 1 is 0.631 bits per heavy atom. The number of hydrogen-bond acceptors (Lipinski definition) is 9.